The van der Waals surface area contributed by atoms with Gasteiger partial charge in [-0.3, -0.25) is 4.90 Å². The summed E-state index contributed by atoms with van der Waals surface area (Å²) in [7, 11) is 0. The molecule has 2 N–H and O–H groups in total. The number of thioether (sulfide) groups is 1. The molecule has 0 aromatic heterocycles. The summed E-state index contributed by atoms with van der Waals surface area (Å²) >= 11 is 2.11. The van der Waals surface area contributed by atoms with Gasteiger partial charge in [-0.2, -0.15) is 11.8 Å². The maximum atomic E-state index is 6.08. The first-order chi connectivity index (χ1) is 8.20. The fraction of sp³-hybridized carbons (Fsp3) is 1.00. The summed E-state index contributed by atoms with van der Waals surface area (Å²) in [5.74, 6) is 3.07. The minimum absolute atomic E-state index is 0.654. The van der Waals surface area contributed by atoms with Gasteiger partial charge in [0.1, 0.15) is 0 Å². The summed E-state index contributed by atoms with van der Waals surface area (Å²) in [5, 5.41) is 0.791. The van der Waals surface area contributed by atoms with Crippen LogP contribution in [0.15, 0.2) is 0 Å². The van der Waals surface area contributed by atoms with Crippen molar-refractivity contribution in [1.29, 1.82) is 0 Å². The molecule has 2 rings (SSSR count). The van der Waals surface area contributed by atoms with Crippen molar-refractivity contribution in [3.63, 3.8) is 0 Å². The lowest BCUT2D eigenvalue weighted by Crippen LogP contribution is -2.51. The van der Waals surface area contributed by atoms with Gasteiger partial charge >= 0.3 is 0 Å². The zero-order chi connectivity index (χ0) is 12.3. The molecule has 0 amide bonds. The smallest absolute Gasteiger partial charge is 0.0247 e. The van der Waals surface area contributed by atoms with Gasteiger partial charge in [0, 0.05) is 36.7 Å². The minimum Gasteiger partial charge on any atom is -0.329 e. The molecule has 4 unspecified atom stereocenters. The van der Waals surface area contributed by atoms with Crippen molar-refractivity contribution in [1.82, 2.24) is 4.90 Å². The highest BCUT2D eigenvalue weighted by Crippen LogP contribution is 2.33. The average Bonchev–Trinajstić information content (AvgIpc) is 2.30. The molecule has 0 aromatic rings. The largest absolute Gasteiger partial charge is 0.329 e. The molecule has 0 aromatic carbocycles. The van der Waals surface area contributed by atoms with Crippen molar-refractivity contribution in [3.05, 3.63) is 0 Å². The maximum Gasteiger partial charge on any atom is 0.0247 e. The second kappa shape index (κ2) is 6.44. The molecule has 2 nitrogen and oxygen atoms in total. The summed E-state index contributed by atoms with van der Waals surface area (Å²) in [4.78, 5) is 2.68. The van der Waals surface area contributed by atoms with Gasteiger partial charge in [-0.05, 0) is 24.7 Å². The second-order valence-corrected chi connectivity index (χ2v) is 7.56. The molecule has 3 heteroatoms. The van der Waals surface area contributed by atoms with E-state index in [0.717, 1.165) is 23.6 Å². The maximum absolute atomic E-state index is 6.08. The van der Waals surface area contributed by atoms with E-state index < -0.39 is 0 Å². The predicted octanol–water partition coefficient (Wildman–Crippen LogP) is 2.58. The third-order valence-electron chi connectivity index (χ3n) is 4.50. The van der Waals surface area contributed by atoms with Gasteiger partial charge in [0.2, 0.25) is 0 Å². The van der Waals surface area contributed by atoms with Crippen molar-refractivity contribution >= 4 is 11.8 Å². The van der Waals surface area contributed by atoms with Gasteiger partial charge in [0.15, 0.2) is 0 Å². The Morgan fingerprint density at radius 3 is 2.82 bits per heavy atom. The van der Waals surface area contributed by atoms with Gasteiger partial charge in [-0.15, -0.1) is 0 Å². The molecular formula is C14H28N2S. The van der Waals surface area contributed by atoms with Crippen molar-refractivity contribution in [2.75, 3.05) is 25.4 Å². The van der Waals surface area contributed by atoms with Gasteiger partial charge in [-0.25, -0.2) is 0 Å². The molecule has 1 saturated carbocycles. The molecule has 100 valence electrons. The van der Waals surface area contributed by atoms with Gasteiger partial charge in [0.05, 0.1) is 0 Å². The molecule has 2 aliphatic rings. The summed E-state index contributed by atoms with van der Waals surface area (Å²) in [6.45, 7) is 8.12. The third-order valence-corrected chi connectivity index (χ3v) is 5.64. The first-order valence-electron chi connectivity index (χ1n) is 7.26. The van der Waals surface area contributed by atoms with E-state index in [0.29, 0.717) is 6.04 Å². The normalized spacial score (nSPS) is 37.9. The number of nitrogens with two attached hydrogens (primary N) is 1. The summed E-state index contributed by atoms with van der Waals surface area (Å²) in [5.41, 5.74) is 6.08. The summed E-state index contributed by atoms with van der Waals surface area (Å²) in [6, 6.07) is 0.654. The predicted molar refractivity (Wildman–Crippen MR) is 77.5 cm³/mol. The van der Waals surface area contributed by atoms with Crippen molar-refractivity contribution < 1.29 is 0 Å². The van der Waals surface area contributed by atoms with E-state index in [9.17, 15) is 0 Å². The van der Waals surface area contributed by atoms with Crippen LogP contribution in [-0.4, -0.2) is 41.6 Å². The van der Waals surface area contributed by atoms with Crippen LogP contribution in [0.4, 0.5) is 0 Å². The zero-order valence-electron chi connectivity index (χ0n) is 11.4. The summed E-state index contributed by atoms with van der Waals surface area (Å²) in [6.07, 6.45) is 5.66. The zero-order valence-corrected chi connectivity index (χ0v) is 12.2. The lowest BCUT2D eigenvalue weighted by Gasteiger charge is -2.42. The first-order valence-corrected chi connectivity index (χ1v) is 8.31. The van der Waals surface area contributed by atoms with Crippen LogP contribution in [0.2, 0.25) is 0 Å². The van der Waals surface area contributed by atoms with Crippen LogP contribution in [-0.2, 0) is 0 Å². The Hall–Kier alpha value is 0.270. The molecule has 0 spiro atoms. The molecule has 0 radical (unpaired) electrons. The van der Waals surface area contributed by atoms with Crippen LogP contribution in [0.5, 0.6) is 0 Å². The highest BCUT2D eigenvalue weighted by Gasteiger charge is 2.31. The SMILES string of the molecule is CC1CCCC(C(CN)N2CCSC(C)C2)C1. The van der Waals surface area contributed by atoms with Gasteiger partial charge in [0.25, 0.3) is 0 Å². The minimum atomic E-state index is 0.654. The number of hydrogen-bond donors (Lipinski definition) is 1. The van der Waals surface area contributed by atoms with Crippen molar-refractivity contribution in [2.45, 2.75) is 50.8 Å². The van der Waals surface area contributed by atoms with Gasteiger partial charge < -0.3 is 5.73 Å². The second-order valence-electron chi connectivity index (χ2n) is 6.01. The van der Waals surface area contributed by atoms with Crippen LogP contribution in [0.25, 0.3) is 0 Å². The molecule has 1 aliphatic heterocycles. The van der Waals surface area contributed by atoms with E-state index in [4.69, 9.17) is 5.73 Å². The Kier molecular flexibility index (Phi) is 5.19. The topological polar surface area (TPSA) is 29.3 Å². The molecule has 0 bridgehead atoms. The molecule has 1 aliphatic carbocycles. The molecule has 2 fully saturated rings. The van der Waals surface area contributed by atoms with Crippen LogP contribution < -0.4 is 5.73 Å². The standard InChI is InChI=1S/C14H28N2S/c1-11-4-3-5-13(8-11)14(9-15)16-6-7-17-12(2)10-16/h11-14H,3-10,15H2,1-2H3. The number of rotatable bonds is 3. The fourth-order valence-electron chi connectivity index (χ4n) is 3.62. The van der Waals surface area contributed by atoms with E-state index in [1.165, 1.54) is 44.5 Å². The number of hydrogen-bond acceptors (Lipinski definition) is 3. The van der Waals surface area contributed by atoms with E-state index in [-0.39, 0.29) is 0 Å². The Morgan fingerprint density at radius 2 is 2.18 bits per heavy atom. The molecule has 1 heterocycles. The molecule has 17 heavy (non-hydrogen) atoms. The fourth-order valence-corrected chi connectivity index (χ4v) is 4.66. The monoisotopic (exact) mass is 256 g/mol. The van der Waals surface area contributed by atoms with Crippen LogP contribution in [0, 0.1) is 11.8 Å². The lowest BCUT2D eigenvalue weighted by atomic mass is 9.78. The van der Waals surface area contributed by atoms with Crippen molar-refractivity contribution in [2.24, 2.45) is 17.6 Å². The number of nitrogens with zero attached hydrogens (tertiary/aromatic N) is 1. The highest BCUT2D eigenvalue weighted by molar-refractivity contribution is 7.99. The van der Waals surface area contributed by atoms with Crippen LogP contribution in [0.3, 0.4) is 0 Å². The van der Waals surface area contributed by atoms with E-state index in [1.54, 1.807) is 0 Å². The van der Waals surface area contributed by atoms with E-state index in [1.807, 2.05) is 0 Å². The highest BCUT2D eigenvalue weighted by atomic mass is 32.2. The third kappa shape index (κ3) is 3.62. The molecule has 4 atom stereocenters. The van der Waals surface area contributed by atoms with E-state index in [2.05, 4.69) is 30.5 Å². The van der Waals surface area contributed by atoms with E-state index >= 15 is 0 Å². The quantitative estimate of drug-likeness (QED) is 0.841. The van der Waals surface area contributed by atoms with Crippen LogP contribution in [0.1, 0.15) is 39.5 Å². The molecule has 1 saturated heterocycles. The van der Waals surface area contributed by atoms with Crippen molar-refractivity contribution in [3.8, 4) is 0 Å². The molecular weight excluding hydrogens is 228 g/mol. The van der Waals surface area contributed by atoms with Crippen LogP contribution >= 0.6 is 11.8 Å². The Labute approximate surface area is 111 Å². The van der Waals surface area contributed by atoms with Gasteiger partial charge in [-0.1, -0.05) is 26.7 Å². The Balaban J connectivity index is 1.94. The average molecular weight is 256 g/mol. The lowest BCUT2D eigenvalue weighted by molar-refractivity contribution is 0.112. The Morgan fingerprint density at radius 1 is 1.35 bits per heavy atom. The summed E-state index contributed by atoms with van der Waals surface area (Å²) < 4.78 is 0. The Bertz CT molecular complexity index is 212. The first kappa shape index (κ1) is 13.7.